The number of piperazine rings is 1. The van der Waals surface area contributed by atoms with E-state index in [0.29, 0.717) is 12.2 Å². The largest absolute Gasteiger partial charge is 0.360 e. The van der Waals surface area contributed by atoms with Crippen LogP contribution in [-0.2, 0) is 4.79 Å². The second-order valence-electron chi connectivity index (χ2n) is 5.24. The minimum Gasteiger partial charge on any atom is -0.360 e. The van der Waals surface area contributed by atoms with Gasteiger partial charge in [0.15, 0.2) is 0 Å². The summed E-state index contributed by atoms with van der Waals surface area (Å²) in [6.45, 7) is 4.36. The van der Waals surface area contributed by atoms with Crippen LogP contribution >= 0.6 is 12.4 Å². The summed E-state index contributed by atoms with van der Waals surface area (Å²) in [6, 6.07) is 6.60. The fourth-order valence-corrected chi connectivity index (χ4v) is 2.53. The van der Waals surface area contributed by atoms with Crippen LogP contribution in [0.2, 0.25) is 0 Å². The normalized spacial score (nSPS) is 17.5. The first-order valence-electron chi connectivity index (χ1n) is 6.95. The Bertz CT molecular complexity index is 541. The molecule has 1 saturated heterocycles. The van der Waals surface area contributed by atoms with Gasteiger partial charge in [0, 0.05) is 38.8 Å². The number of hydrogen-bond acceptors (Lipinski definition) is 5. The van der Waals surface area contributed by atoms with E-state index in [1.54, 1.807) is 30.1 Å². The molecule has 1 N–H and O–H groups in total. The van der Waals surface area contributed by atoms with E-state index in [9.17, 15) is 14.9 Å². The van der Waals surface area contributed by atoms with Gasteiger partial charge < -0.3 is 15.1 Å². The lowest BCUT2D eigenvalue weighted by Gasteiger charge is -2.35. The standard InChI is InChI=1S/C14H20N4O3.ClH/c1-11-9-15-7-8-17(11)14(19)10-16(2)12-5-3-4-6-13(12)18(20)21;/h3-6,11,15H,7-10H2,1-2H3;1H/t11-;/m0./s1. The van der Waals surface area contributed by atoms with Crippen LogP contribution in [0.5, 0.6) is 0 Å². The zero-order chi connectivity index (χ0) is 15.4. The molecule has 1 aliphatic heterocycles. The maximum Gasteiger partial charge on any atom is 0.292 e. The molecule has 1 fully saturated rings. The van der Waals surface area contributed by atoms with E-state index >= 15 is 0 Å². The number of rotatable bonds is 4. The molecule has 0 aliphatic carbocycles. The highest BCUT2D eigenvalue weighted by atomic mass is 35.5. The van der Waals surface area contributed by atoms with Gasteiger partial charge in [0.05, 0.1) is 11.5 Å². The molecule has 1 heterocycles. The summed E-state index contributed by atoms with van der Waals surface area (Å²) in [7, 11) is 1.70. The van der Waals surface area contributed by atoms with E-state index in [4.69, 9.17) is 0 Å². The third-order valence-corrected chi connectivity index (χ3v) is 3.68. The van der Waals surface area contributed by atoms with Crippen molar-refractivity contribution in [3.63, 3.8) is 0 Å². The fourth-order valence-electron chi connectivity index (χ4n) is 2.53. The van der Waals surface area contributed by atoms with Gasteiger partial charge in [0.1, 0.15) is 5.69 Å². The number of hydrogen-bond donors (Lipinski definition) is 1. The molecule has 0 radical (unpaired) electrons. The molecule has 8 heteroatoms. The van der Waals surface area contributed by atoms with Crippen molar-refractivity contribution in [1.82, 2.24) is 10.2 Å². The van der Waals surface area contributed by atoms with E-state index in [1.165, 1.54) is 6.07 Å². The lowest BCUT2D eigenvalue weighted by Crippen LogP contribution is -2.54. The van der Waals surface area contributed by atoms with Gasteiger partial charge >= 0.3 is 0 Å². The van der Waals surface area contributed by atoms with Crippen LogP contribution in [0.1, 0.15) is 6.92 Å². The highest BCUT2D eigenvalue weighted by molar-refractivity contribution is 5.85. The highest BCUT2D eigenvalue weighted by Gasteiger charge is 2.25. The number of carbonyl (C=O) groups is 1. The van der Waals surface area contributed by atoms with Gasteiger partial charge in [0.25, 0.3) is 5.69 Å². The van der Waals surface area contributed by atoms with Crippen LogP contribution in [0.15, 0.2) is 24.3 Å². The molecule has 7 nitrogen and oxygen atoms in total. The van der Waals surface area contributed by atoms with Crippen LogP contribution in [0.4, 0.5) is 11.4 Å². The number of carbonyl (C=O) groups excluding carboxylic acids is 1. The van der Waals surface area contributed by atoms with Gasteiger partial charge in [-0.05, 0) is 13.0 Å². The van der Waals surface area contributed by atoms with Gasteiger partial charge in [-0.25, -0.2) is 0 Å². The zero-order valence-electron chi connectivity index (χ0n) is 12.7. The summed E-state index contributed by atoms with van der Waals surface area (Å²) < 4.78 is 0. The van der Waals surface area contributed by atoms with E-state index in [2.05, 4.69) is 5.32 Å². The molecule has 0 aromatic heterocycles. The smallest absolute Gasteiger partial charge is 0.292 e. The first kappa shape index (κ1) is 18.2. The summed E-state index contributed by atoms with van der Waals surface area (Å²) in [5.41, 5.74) is 0.472. The molecule has 122 valence electrons. The number of likely N-dealkylation sites (N-methyl/N-ethyl adjacent to an activating group) is 1. The number of nitrogens with zero attached hydrogens (tertiary/aromatic N) is 3. The summed E-state index contributed by atoms with van der Waals surface area (Å²) in [5, 5.41) is 14.3. The molecule has 1 aliphatic rings. The van der Waals surface area contributed by atoms with Crippen molar-refractivity contribution in [3.05, 3.63) is 34.4 Å². The number of nitro benzene ring substituents is 1. The van der Waals surface area contributed by atoms with E-state index in [1.807, 2.05) is 11.8 Å². The Morgan fingerprint density at radius 2 is 2.18 bits per heavy atom. The van der Waals surface area contributed by atoms with Crippen molar-refractivity contribution in [2.75, 3.05) is 38.1 Å². The topological polar surface area (TPSA) is 78.7 Å². The molecule has 1 atom stereocenters. The number of nitrogens with one attached hydrogen (secondary N) is 1. The SMILES string of the molecule is C[C@H]1CNCCN1C(=O)CN(C)c1ccccc1[N+](=O)[O-].Cl. The number of benzene rings is 1. The summed E-state index contributed by atoms with van der Waals surface area (Å²) in [4.78, 5) is 26.4. The third kappa shape index (κ3) is 4.08. The minimum absolute atomic E-state index is 0. The van der Waals surface area contributed by atoms with Crippen molar-refractivity contribution in [2.24, 2.45) is 0 Å². The van der Waals surface area contributed by atoms with Crippen molar-refractivity contribution in [1.29, 1.82) is 0 Å². The second-order valence-corrected chi connectivity index (χ2v) is 5.24. The molecule has 1 aromatic rings. The van der Waals surface area contributed by atoms with Crippen LogP contribution in [-0.4, -0.2) is 55.0 Å². The molecule has 0 spiro atoms. The molecule has 22 heavy (non-hydrogen) atoms. The zero-order valence-corrected chi connectivity index (χ0v) is 13.5. The van der Waals surface area contributed by atoms with Gasteiger partial charge in [-0.3, -0.25) is 14.9 Å². The minimum atomic E-state index is -0.427. The Morgan fingerprint density at radius 1 is 1.50 bits per heavy atom. The predicted octanol–water partition coefficient (Wildman–Crippen LogP) is 1.27. The van der Waals surface area contributed by atoms with Crippen LogP contribution in [0, 0.1) is 10.1 Å². The summed E-state index contributed by atoms with van der Waals surface area (Å²) >= 11 is 0. The van der Waals surface area contributed by atoms with Crippen molar-refractivity contribution < 1.29 is 9.72 Å². The van der Waals surface area contributed by atoms with Gasteiger partial charge in [-0.2, -0.15) is 0 Å². The Kier molecular flexibility index (Phi) is 6.58. The average molecular weight is 329 g/mol. The van der Waals surface area contributed by atoms with Crippen molar-refractivity contribution >= 4 is 29.7 Å². The lowest BCUT2D eigenvalue weighted by molar-refractivity contribution is -0.384. The second kappa shape index (κ2) is 7.95. The van der Waals surface area contributed by atoms with E-state index in [0.717, 1.165) is 13.1 Å². The van der Waals surface area contributed by atoms with Gasteiger partial charge in [0.2, 0.25) is 5.91 Å². The number of amides is 1. The highest BCUT2D eigenvalue weighted by Crippen LogP contribution is 2.26. The van der Waals surface area contributed by atoms with Crippen LogP contribution in [0.25, 0.3) is 0 Å². The molecular weight excluding hydrogens is 308 g/mol. The first-order valence-corrected chi connectivity index (χ1v) is 6.95. The number of para-hydroxylation sites is 2. The molecule has 0 bridgehead atoms. The third-order valence-electron chi connectivity index (χ3n) is 3.68. The molecule has 0 saturated carbocycles. The maximum absolute atomic E-state index is 12.4. The molecule has 1 amide bonds. The number of halogens is 1. The fraction of sp³-hybridized carbons (Fsp3) is 0.500. The van der Waals surface area contributed by atoms with Gasteiger partial charge in [-0.1, -0.05) is 12.1 Å². The number of anilines is 1. The summed E-state index contributed by atoms with van der Waals surface area (Å²) in [5.74, 6) is -0.00958. The Hall–Kier alpha value is -1.86. The average Bonchev–Trinajstić information content (AvgIpc) is 2.47. The molecule has 1 aromatic carbocycles. The first-order chi connectivity index (χ1) is 10.0. The Balaban J connectivity index is 0.00000242. The van der Waals surface area contributed by atoms with Gasteiger partial charge in [-0.15, -0.1) is 12.4 Å². The lowest BCUT2D eigenvalue weighted by atomic mass is 10.2. The monoisotopic (exact) mass is 328 g/mol. The van der Waals surface area contributed by atoms with E-state index in [-0.39, 0.29) is 36.6 Å². The van der Waals surface area contributed by atoms with E-state index < -0.39 is 4.92 Å². The van der Waals surface area contributed by atoms with Crippen molar-refractivity contribution in [3.8, 4) is 0 Å². The van der Waals surface area contributed by atoms with Crippen LogP contribution in [0.3, 0.4) is 0 Å². The van der Waals surface area contributed by atoms with Crippen LogP contribution < -0.4 is 10.2 Å². The molecule has 0 unspecified atom stereocenters. The quantitative estimate of drug-likeness (QED) is 0.665. The molecular formula is C14H21ClN4O3. The Labute approximate surface area is 135 Å². The summed E-state index contributed by atoms with van der Waals surface area (Å²) in [6.07, 6.45) is 0. The number of nitro groups is 1. The Morgan fingerprint density at radius 3 is 2.82 bits per heavy atom. The molecule has 2 rings (SSSR count). The maximum atomic E-state index is 12.4. The van der Waals surface area contributed by atoms with Crippen molar-refractivity contribution in [2.45, 2.75) is 13.0 Å². The predicted molar refractivity (Wildman–Crippen MR) is 87.7 cm³/mol.